The lowest BCUT2D eigenvalue weighted by Crippen LogP contribution is -2.09. The monoisotopic (exact) mass is 280 g/mol. The average Bonchev–Trinajstić information content (AvgIpc) is 1.62. The van der Waals surface area contributed by atoms with Gasteiger partial charge in [-0.05, 0) is 0 Å². The molecule has 3 nitrogen and oxygen atoms in total. The van der Waals surface area contributed by atoms with Gasteiger partial charge in [-0.1, -0.05) is 38.8 Å². The molecule has 0 heterocycles. The van der Waals surface area contributed by atoms with E-state index in [0.29, 0.717) is 0 Å². The summed E-state index contributed by atoms with van der Waals surface area (Å²) in [5.74, 6) is 0. The molecule has 0 bridgehead atoms. The molecular formula is C3H7Br2O3P. The third-order valence-electron chi connectivity index (χ3n) is 0.700. The zero-order chi connectivity index (χ0) is 7.65. The van der Waals surface area contributed by atoms with E-state index in [9.17, 15) is 4.57 Å². The Morgan fingerprint density at radius 2 is 1.78 bits per heavy atom. The van der Waals surface area contributed by atoms with Crippen LogP contribution in [0.5, 0.6) is 0 Å². The van der Waals surface area contributed by atoms with Crippen molar-refractivity contribution in [2.24, 2.45) is 0 Å². The molecule has 0 amide bonds. The highest BCUT2D eigenvalue weighted by atomic mass is 79.9. The summed E-state index contributed by atoms with van der Waals surface area (Å²) < 4.78 is 9.60. The standard InChI is InChI=1S/C3H7Br2O3P/c1-2(4)3(5)9(6,7)8/h2-3H,1H3,(H2,6,7,8)/t2-,3+/m1/s1. The maximum Gasteiger partial charge on any atom is 0.340 e. The minimum absolute atomic E-state index is 0.224. The Balaban J connectivity index is 4.05. The predicted octanol–water partition coefficient (Wildman–Crippen LogP) is 1.67. The largest absolute Gasteiger partial charge is 0.340 e. The Labute approximate surface area is 70.3 Å². The Bertz CT molecular complexity index is 131. The van der Waals surface area contributed by atoms with Gasteiger partial charge in [0.25, 0.3) is 0 Å². The van der Waals surface area contributed by atoms with Gasteiger partial charge >= 0.3 is 7.60 Å². The Morgan fingerprint density at radius 1 is 1.44 bits per heavy atom. The van der Waals surface area contributed by atoms with Crippen molar-refractivity contribution in [3.63, 3.8) is 0 Å². The van der Waals surface area contributed by atoms with Crippen LogP contribution >= 0.6 is 39.5 Å². The molecule has 2 N–H and O–H groups in total. The summed E-state index contributed by atoms with van der Waals surface area (Å²) in [5, 5.41) is 0. The molecule has 0 saturated carbocycles. The lowest BCUT2D eigenvalue weighted by molar-refractivity contribution is 0.370. The van der Waals surface area contributed by atoms with Gasteiger partial charge in [-0.15, -0.1) is 0 Å². The van der Waals surface area contributed by atoms with E-state index in [0.717, 1.165) is 0 Å². The first-order chi connectivity index (χ1) is 3.85. The Morgan fingerprint density at radius 3 is 1.78 bits per heavy atom. The van der Waals surface area contributed by atoms with E-state index in [1.807, 2.05) is 0 Å². The molecule has 0 spiro atoms. The first-order valence-corrected chi connectivity index (χ1v) is 5.70. The Kier molecular flexibility index (Phi) is 3.92. The summed E-state index contributed by atoms with van der Waals surface area (Å²) in [6, 6.07) is 0. The van der Waals surface area contributed by atoms with Crippen molar-refractivity contribution in [3.8, 4) is 0 Å². The number of halogens is 2. The van der Waals surface area contributed by atoms with Crippen molar-refractivity contribution in [3.05, 3.63) is 0 Å². The molecule has 9 heavy (non-hydrogen) atoms. The Hall–Kier alpha value is 1.11. The van der Waals surface area contributed by atoms with Crippen LogP contribution in [0.4, 0.5) is 0 Å². The van der Waals surface area contributed by atoms with E-state index < -0.39 is 12.2 Å². The molecular weight excluding hydrogens is 275 g/mol. The minimum atomic E-state index is -3.94. The molecule has 0 fully saturated rings. The summed E-state index contributed by atoms with van der Waals surface area (Å²) in [7, 11) is -3.94. The van der Waals surface area contributed by atoms with Crippen LogP contribution in [0, 0.1) is 0 Å². The maximum atomic E-state index is 10.4. The van der Waals surface area contributed by atoms with Crippen molar-refractivity contribution < 1.29 is 14.4 Å². The van der Waals surface area contributed by atoms with E-state index in [-0.39, 0.29) is 4.83 Å². The molecule has 0 aromatic carbocycles. The van der Waals surface area contributed by atoms with Crippen LogP contribution in [0.1, 0.15) is 6.92 Å². The first kappa shape index (κ1) is 10.1. The van der Waals surface area contributed by atoms with Gasteiger partial charge < -0.3 is 9.79 Å². The topological polar surface area (TPSA) is 57.5 Å². The van der Waals surface area contributed by atoms with E-state index >= 15 is 0 Å². The molecule has 0 radical (unpaired) electrons. The van der Waals surface area contributed by atoms with Gasteiger partial charge in [-0.2, -0.15) is 0 Å². The van der Waals surface area contributed by atoms with Crippen LogP contribution in [0.25, 0.3) is 0 Å². The van der Waals surface area contributed by atoms with Gasteiger partial charge in [-0.25, -0.2) is 0 Å². The fourth-order valence-corrected chi connectivity index (χ4v) is 1.73. The van der Waals surface area contributed by atoms with Crippen molar-refractivity contribution in [2.75, 3.05) is 0 Å². The molecule has 0 aliphatic rings. The highest BCUT2D eigenvalue weighted by Crippen LogP contribution is 2.47. The van der Waals surface area contributed by atoms with E-state index in [4.69, 9.17) is 9.79 Å². The van der Waals surface area contributed by atoms with Crippen LogP contribution < -0.4 is 0 Å². The summed E-state index contributed by atoms with van der Waals surface area (Å²) >= 11 is 5.89. The first-order valence-electron chi connectivity index (χ1n) is 2.19. The second kappa shape index (κ2) is 3.49. The van der Waals surface area contributed by atoms with Gasteiger partial charge in [0.2, 0.25) is 0 Å². The van der Waals surface area contributed by atoms with Gasteiger partial charge in [0.05, 0.1) is 0 Å². The van der Waals surface area contributed by atoms with Gasteiger partial charge in [0, 0.05) is 4.83 Å². The molecule has 0 aliphatic heterocycles. The lowest BCUT2D eigenvalue weighted by Gasteiger charge is -2.12. The fraction of sp³-hybridized carbons (Fsp3) is 1.00. The highest BCUT2D eigenvalue weighted by Gasteiger charge is 2.29. The van der Waals surface area contributed by atoms with Crippen LogP contribution in [0.3, 0.4) is 0 Å². The quantitative estimate of drug-likeness (QED) is 0.598. The third kappa shape index (κ3) is 3.73. The zero-order valence-electron chi connectivity index (χ0n) is 4.66. The molecule has 6 heteroatoms. The summed E-state index contributed by atoms with van der Waals surface area (Å²) in [6.07, 6.45) is 0. The summed E-state index contributed by atoms with van der Waals surface area (Å²) in [4.78, 5) is 16.8. The molecule has 56 valence electrons. The smallest absolute Gasteiger partial charge is 0.324 e. The second-order valence-corrected chi connectivity index (χ2v) is 6.51. The molecule has 0 saturated heterocycles. The van der Waals surface area contributed by atoms with Crippen molar-refractivity contribution >= 4 is 39.5 Å². The predicted molar refractivity (Wildman–Crippen MR) is 43.1 cm³/mol. The number of hydrogen-bond donors (Lipinski definition) is 2. The van der Waals surface area contributed by atoms with E-state index in [2.05, 4.69) is 31.9 Å². The average molecular weight is 282 g/mol. The summed E-state index contributed by atoms with van der Waals surface area (Å²) in [6.45, 7) is 1.67. The van der Waals surface area contributed by atoms with Crippen molar-refractivity contribution in [1.82, 2.24) is 0 Å². The molecule has 0 aliphatic carbocycles. The lowest BCUT2D eigenvalue weighted by atomic mass is 10.6. The van der Waals surface area contributed by atoms with E-state index in [1.165, 1.54) is 0 Å². The van der Waals surface area contributed by atoms with Gasteiger partial charge in [0.1, 0.15) is 4.57 Å². The molecule has 0 aromatic rings. The molecule has 2 atom stereocenters. The zero-order valence-corrected chi connectivity index (χ0v) is 8.73. The van der Waals surface area contributed by atoms with Crippen molar-refractivity contribution in [2.45, 2.75) is 16.3 Å². The number of rotatable bonds is 2. The van der Waals surface area contributed by atoms with E-state index in [1.54, 1.807) is 6.92 Å². The SMILES string of the molecule is C[C@@H](Br)[C@@H](Br)P(=O)(O)O. The molecule has 0 rings (SSSR count). The number of hydrogen-bond acceptors (Lipinski definition) is 1. The third-order valence-corrected chi connectivity index (χ3v) is 5.83. The fourth-order valence-electron chi connectivity index (χ4n) is 0.268. The van der Waals surface area contributed by atoms with Crippen molar-refractivity contribution in [1.29, 1.82) is 0 Å². The van der Waals surface area contributed by atoms with Crippen LogP contribution in [-0.2, 0) is 4.57 Å². The maximum absolute atomic E-state index is 10.4. The normalized spacial score (nSPS) is 19.2. The number of alkyl halides is 2. The van der Waals surface area contributed by atoms with Crippen LogP contribution in [-0.4, -0.2) is 19.2 Å². The highest BCUT2D eigenvalue weighted by molar-refractivity contribution is 9.13. The summed E-state index contributed by atoms with van der Waals surface area (Å²) in [5.41, 5.74) is 0. The second-order valence-electron chi connectivity index (χ2n) is 1.64. The minimum Gasteiger partial charge on any atom is -0.324 e. The van der Waals surface area contributed by atoms with Gasteiger partial charge in [0.15, 0.2) is 0 Å². The molecule has 0 unspecified atom stereocenters. The van der Waals surface area contributed by atoms with Crippen LogP contribution in [0.15, 0.2) is 0 Å². The van der Waals surface area contributed by atoms with Crippen LogP contribution in [0.2, 0.25) is 0 Å². The molecule has 0 aromatic heterocycles. The van der Waals surface area contributed by atoms with Gasteiger partial charge in [-0.3, -0.25) is 4.57 Å².